The number of hydrogen-bond donors (Lipinski definition) is 0. The predicted octanol–water partition coefficient (Wildman–Crippen LogP) is 5.82. The van der Waals surface area contributed by atoms with Gasteiger partial charge in [-0.05, 0) is 60.8 Å². The Hall–Kier alpha value is -2.41. The van der Waals surface area contributed by atoms with Gasteiger partial charge < -0.3 is 0 Å². The van der Waals surface area contributed by atoms with Crippen LogP contribution in [0.4, 0.5) is 0 Å². The Morgan fingerprint density at radius 2 is 1.38 bits per heavy atom. The fraction of sp³-hybridized carbons (Fsp3) is 0.261. The van der Waals surface area contributed by atoms with Gasteiger partial charge in [0.2, 0.25) is 0 Å². The maximum Gasteiger partial charge on any atom is 0.0299 e. The lowest BCUT2D eigenvalue weighted by Crippen LogP contribution is -2.02. The summed E-state index contributed by atoms with van der Waals surface area (Å²) < 4.78 is 0. The highest BCUT2D eigenvalue weighted by Gasteiger charge is 2.11. The third-order valence-electron chi connectivity index (χ3n) is 4.64. The Morgan fingerprint density at radius 3 is 2.08 bits per heavy atom. The van der Waals surface area contributed by atoms with Crippen LogP contribution in [0.5, 0.6) is 0 Å². The molecular formula is C23H25N. The number of nitrogens with zero attached hydrogens (tertiary/aromatic N) is 1. The van der Waals surface area contributed by atoms with Crippen LogP contribution in [-0.4, -0.2) is 4.98 Å². The molecule has 0 spiro atoms. The van der Waals surface area contributed by atoms with Gasteiger partial charge in [0.15, 0.2) is 0 Å². The van der Waals surface area contributed by atoms with E-state index in [1.807, 2.05) is 18.5 Å². The van der Waals surface area contributed by atoms with Gasteiger partial charge in [-0.15, -0.1) is 0 Å². The topological polar surface area (TPSA) is 12.9 Å². The largest absolute Gasteiger partial charge is 0.264 e. The summed E-state index contributed by atoms with van der Waals surface area (Å²) in [7, 11) is 0. The zero-order valence-electron chi connectivity index (χ0n) is 14.1. The van der Waals surface area contributed by atoms with Crippen LogP contribution < -0.4 is 0 Å². The van der Waals surface area contributed by atoms with Crippen molar-refractivity contribution in [1.29, 1.82) is 0 Å². The maximum absolute atomic E-state index is 4.24. The van der Waals surface area contributed by atoms with Crippen LogP contribution in [0.25, 0.3) is 0 Å². The average molecular weight is 315 g/mol. The quantitative estimate of drug-likeness (QED) is 0.510. The summed E-state index contributed by atoms with van der Waals surface area (Å²) in [5.41, 5.74) is 4.24. The van der Waals surface area contributed by atoms with Crippen LogP contribution in [0.1, 0.15) is 41.9 Å². The summed E-state index contributed by atoms with van der Waals surface area (Å²) in [6, 6.07) is 26.0. The lowest BCUT2D eigenvalue weighted by molar-refractivity contribution is 0.552. The van der Waals surface area contributed by atoms with Crippen molar-refractivity contribution in [2.24, 2.45) is 0 Å². The third kappa shape index (κ3) is 5.06. The van der Waals surface area contributed by atoms with E-state index in [0.717, 1.165) is 12.8 Å². The number of aryl methyl sites for hydroxylation is 2. The molecule has 0 radical (unpaired) electrons. The number of hydrogen-bond acceptors (Lipinski definition) is 1. The van der Waals surface area contributed by atoms with Crippen molar-refractivity contribution in [3.63, 3.8) is 0 Å². The second kappa shape index (κ2) is 9.02. The predicted molar refractivity (Wildman–Crippen MR) is 101 cm³/mol. The minimum atomic E-state index is 0.620. The summed E-state index contributed by atoms with van der Waals surface area (Å²) in [5.74, 6) is 0.620. The molecule has 0 aliphatic rings. The van der Waals surface area contributed by atoms with Crippen LogP contribution >= 0.6 is 0 Å². The van der Waals surface area contributed by atoms with E-state index in [4.69, 9.17) is 0 Å². The van der Waals surface area contributed by atoms with E-state index in [-0.39, 0.29) is 0 Å². The molecule has 2 aromatic carbocycles. The second-order valence-corrected chi connectivity index (χ2v) is 6.39. The summed E-state index contributed by atoms with van der Waals surface area (Å²) in [4.78, 5) is 4.24. The highest BCUT2D eigenvalue weighted by atomic mass is 14.6. The van der Waals surface area contributed by atoms with E-state index in [1.54, 1.807) is 0 Å². The van der Waals surface area contributed by atoms with E-state index in [1.165, 1.54) is 36.0 Å². The van der Waals surface area contributed by atoms with Crippen molar-refractivity contribution in [2.45, 2.75) is 38.0 Å². The van der Waals surface area contributed by atoms with Gasteiger partial charge in [-0.3, -0.25) is 4.98 Å². The Bertz CT molecular complexity index is 692. The van der Waals surface area contributed by atoms with Crippen LogP contribution in [0, 0.1) is 0 Å². The maximum atomic E-state index is 4.24. The molecule has 0 saturated carbocycles. The fourth-order valence-corrected chi connectivity index (χ4v) is 3.29. The Morgan fingerprint density at radius 1 is 0.667 bits per heavy atom. The SMILES string of the molecule is c1ccc(CCCC(CCc2cccnc2)c2ccccc2)cc1. The van der Waals surface area contributed by atoms with Gasteiger partial charge in [-0.1, -0.05) is 66.7 Å². The van der Waals surface area contributed by atoms with Crippen LogP contribution in [0.2, 0.25) is 0 Å². The molecule has 1 heteroatoms. The first-order chi connectivity index (χ1) is 11.9. The molecule has 3 aromatic rings. The number of pyridine rings is 1. The molecule has 1 nitrogen and oxygen atoms in total. The monoisotopic (exact) mass is 315 g/mol. The van der Waals surface area contributed by atoms with Crippen molar-refractivity contribution >= 4 is 0 Å². The number of aromatic nitrogens is 1. The number of rotatable bonds is 8. The lowest BCUT2D eigenvalue weighted by Gasteiger charge is -2.17. The summed E-state index contributed by atoms with van der Waals surface area (Å²) >= 11 is 0. The standard InChI is InChI=1S/C23H25N/c1-3-9-20(10-4-1)11-7-15-23(22-13-5-2-6-14-22)17-16-21-12-8-18-24-19-21/h1-6,8-10,12-14,18-19,23H,7,11,15-17H2. The van der Waals surface area contributed by atoms with Crippen molar-refractivity contribution in [3.8, 4) is 0 Å². The molecule has 0 N–H and O–H groups in total. The first kappa shape index (κ1) is 16.4. The molecule has 3 rings (SSSR count). The molecule has 0 saturated heterocycles. The van der Waals surface area contributed by atoms with Crippen LogP contribution in [0.3, 0.4) is 0 Å². The highest BCUT2D eigenvalue weighted by Crippen LogP contribution is 2.27. The molecule has 0 aliphatic carbocycles. The van der Waals surface area contributed by atoms with Gasteiger partial charge in [0.25, 0.3) is 0 Å². The second-order valence-electron chi connectivity index (χ2n) is 6.39. The molecule has 1 atom stereocenters. The minimum absolute atomic E-state index is 0.620. The zero-order valence-corrected chi connectivity index (χ0v) is 14.1. The molecule has 0 amide bonds. The van der Waals surface area contributed by atoms with E-state index in [9.17, 15) is 0 Å². The van der Waals surface area contributed by atoms with Crippen LogP contribution in [0.15, 0.2) is 85.2 Å². The van der Waals surface area contributed by atoms with Gasteiger partial charge in [0.05, 0.1) is 0 Å². The highest BCUT2D eigenvalue weighted by molar-refractivity contribution is 5.21. The van der Waals surface area contributed by atoms with E-state index >= 15 is 0 Å². The smallest absolute Gasteiger partial charge is 0.0299 e. The molecule has 0 bridgehead atoms. The zero-order chi connectivity index (χ0) is 16.5. The molecule has 0 fully saturated rings. The molecule has 1 heterocycles. The van der Waals surface area contributed by atoms with Crippen molar-refractivity contribution in [3.05, 3.63) is 102 Å². The summed E-state index contributed by atoms with van der Waals surface area (Å²) in [5, 5.41) is 0. The van der Waals surface area contributed by atoms with Gasteiger partial charge in [0, 0.05) is 12.4 Å². The molecule has 122 valence electrons. The molecule has 1 aromatic heterocycles. The van der Waals surface area contributed by atoms with Gasteiger partial charge in [-0.25, -0.2) is 0 Å². The fourth-order valence-electron chi connectivity index (χ4n) is 3.29. The minimum Gasteiger partial charge on any atom is -0.264 e. The average Bonchev–Trinajstić information content (AvgIpc) is 2.67. The normalized spacial score (nSPS) is 12.0. The first-order valence-corrected chi connectivity index (χ1v) is 8.89. The van der Waals surface area contributed by atoms with Crippen LogP contribution in [-0.2, 0) is 12.8 Å². The van der Waals surface area contributed by atoms with Crippen molar-refractivity contribution in [1.82, 2.24) is 4.98 Å². The Labute approximate surface area is 145 Å². The summed E-state index contributed by atoms with van der Waals surface area (Å²) in [6.07, 6.45) is 9.75. The van der Waals surface area contributed by atoms with E-state index in [0.29, 0.717) is 5.92 Å². The van der Waals surface area contributed by atoms with Crippen molar-refractivity contribution in [2.75, 3.05) is 0 Å². The van der Waals surface area contributed by atoms with Gasteiger partial charge >= 0.3 is 0 Å². The Kier molecular flexibility index (Phi) is 6.18. The summed E-state index contributed by atoms with van der Waals surface area (Å²) in [6.45, 7) is 0. The third-order valence-corrected chi connectivity index (χ3v) is 4.64. The number of benzene rings is 2. The van der Waals surface area contributed by atoms with Gasteiger partial charge in [-0.2, -0.15) is 0 Å². The van der Waals surface area contributed by atoms with E-state index in [2.05, 4.69) is 71.7 Å². The first-order valence-electron chi connectivity index (χ1n) is 8.89. The van der Waals surface area contributed by atoms with Gasteiger partial charge in [0.1, 0.15) is 0 Å². The molecular weight excluding hydrogens is 290 g/mol. The molecule has 24 heavy (non-hydrogen) atoms. The lowest BCUT2D eigenvalue weighted by atomic mass is 9.88. The Balaban J connectivity index is 1.59. The molecule has 1 unspecified atom stereocenters. The van der Waals surface area contributed by atoms with E-state index < -0.39 is 0 Å². The molecule has 0 aliphatic heterocycles. The van der Waals surface area contributed by atoms with Crippen molar-refractivity contribution < 1.29 is 0 Å².